The number of rotatable bonds is 5. The van der Waals surface area contributed by atoms with Gasteiger partial charge in [0.1, 0.15) is 0 Å². The second-order valence-corrected chi connectivity index (χ2v) is 5.39. The van der Waals surface area contributed by atoms with Gasteiger partial charge >= 0.3 is 0 Å². The summed E-state index contributed by atoms with van der Waals surface area (Å²) in [6, 6.07) is 10.7. The van der Waals surface area contributed by atoms with Gasteiger partial charge in [-0.1, -0.05) is 30.3 Å². The summed E-state index contributed by atoms with van der Waals surface area (Å²) in [6.45, 7) is 4.59. The van der Waals surface area contributed by atoms with Crippen molar-refractivity contribution in [1.82, 2.24) is 15.5 Å². The van der Waals surface area contributed by atoms with E-state index in [2.05, 4.69) is 50.9 Å². The molecule has 0 amide bonds. The van der Waals surface area contributed by atoms with Crippen LogP contribution < -0.4 is 10.6 Å². The number of halogens is 1. The van der Waals surface area contributed by atoms with Crippen molar-refractivity contribution in [3.8, 4) is 0 Å². The van der Waals surface area contributed by atoms with Gasteiger partial charge in [-0.3, -0.25) is 4.99 Å². The second-order valence-electron chi connectivity index (χ2n) is 5.39. The van der Waals surface area contributed by atoms with E-state index >= 15 is 0 Å². The smallest absolute Gasteiger partial charge is 0.190 e. The summed E-state index contributed by atoms with van der Waals surface area (Å²) < 4.78 is 0. The molecule has 0 aromatic heterocycles. The quantitative estimate of drug-likeness (QED) is 0.450. The van der Waals surface area contributed by atoms with Crippen LogP contribution in [-0.2, 0) is 6.42 Å². The molecule has 1 aromatic carbocycles. The third-order valence-electron chi connectivity index (χ3n) is 3.95. The first kappa shape index (κ1) is 18.2. The molecule has 0 aliphatic carbocycles. The Hall–Kier alpha value is -0.820. The number of nitrogens with one attached hydrogen (secondary N) is 2. The van der Waals surface area contributed by atoms with Crippen LogP contribution in [0.3, 0.4) is 0 Å². The topological polar surface area (TPSA) is 39.7 Å². The van der Waals surface area contributed by atoms with Crippen molar-refractivity contribution >= 4 is 29.9 Å². The molecule has 4 nitrogen and oxygen atoms in total. The van der Waals surface area contributed by atoms with E-state index in [-0.39, 0.29) is 24.0 Å². The Labute approximate surface area is 145 Å². The van der Waals surface area contributed by atoms with Gasteiger partial charge in [-0.25, -0.2) is 0 Å². The van der Waals surface area contributed by atoms with E-state index in [0.717, 1.165) is 24.8 Å². The van der Waals surface area contributed by atoms with Gasteiger partial charge in [0.15, 0.2) is 5.96 Å². The lowest BCUT2D eigenvalue weighted by atomic mass is 10.1. The first-order chi connectivity index (χ1) is 9.81. The summed E-state index contributed by atoms with van der Waals surface area (Å²) in [4.78, 5) is 6.71. The van der Waals surface area contributed by atoms with Crippen molar-refractivity contribution in [3.05, 3.63) is 35.9 Å². The average molecular weight is 402 g/mol. The lowest BCUT2D eigenvalue weighted by molar-refractivity contribution is 0.328. The number of guanidine groups is 1. The molecule has 0 spiro atoms. The third-order valence-corrected chi connectivity index (χ3v) is 3.95. The van der Waals surface area contributed by atoms with Crippen molar-refractivity contribution in [2.24, 2.45) is 10.9 Å². The standard InChI is InChI=1S/C16H26N4.HI/c1-17-16(18-2)19-12-15-9-11-20(13-15)10-8-14-6-4-3-5-7-14;/h3-7,15H,8-13H2,1-2H3,(H2,17,18,19);1H. The first-order valence-electron chi connectivity index (χ1n) is 7.46. The lowest BCUT2D eigenvalue weighted by Gasteiger charge is -2.17. The molecule has 5 heteroatoms. The van der Waals surface area contributed by atoms with Crippen LogP contribution in [0.2, 0.25) is 0 Å². The predicted molar refractivity (Wildman–Crippen MR) is 101 cm³/mol. The normalized spacial score (nSPS) is 19.1. The van der Waals surface area contributed by atoms with E-state index in [1.807, 2.05) is 7.05 Å². The second kappa shape index (κ2) is 10.00. The van der Waals surface area contributed by atoms with Gasteiger partial charge in [0.2, 0.25) is 0 Å². The zero-order valence-electron chi connectivity index (χ0n) is 13.0. The highest BCUT2D eigenvalue weighted by Gasteiger charge is 2.21. The Bertz CT molecular complexity index is 422. The minimum absolute atomic E-state index is 0. The van der Waals surface area contributed by atoms with E-state index in [9.17, 15) is 0 Å². The largest absolute Gasteiger partial charge is 0.359 e. The maximum absolute atomic E-state index is 4.14. The summed E-state index contributed by atoms with van der Waals surface area (Å²) in [7, 11) is 3.70. The summed E-state index contributed by atoms with van der Waals surface area (Å²) >= 11 is 0. The molecule has 1 atom stereocenters. The molecule has 1 fully saturated rings. The molecule has 1 aliphatic heterocycles. The average Bonchev–Trinajstić information content (AvgIpc) is 2.95. The molecule has 0 bridgehead atoms. The fourth-order valence-electron chi connectivity index (χ4n) is 2.73. The molecule has 2 N–H and O–H groups in total. The van der Waals surface area contributed by atoms with Gasteiger partial charge in [-0.05, 0) is 30.9 Å². The monoisotopic (exact) mass is 402 g/mol. The molecule has 21 heavy (non-hydrogen) atoms. The van der Waals surface area contributed by atoms with E-state index < -0.39 is 0 Å². The number of aliphatic imine (C=N–C) groups is 1. The molecule has 1 aliphatic rings. The van der Waals surface area contributed by atoms with Crippen LogP contribution in [0.5, 0.6) is 0 Å². The van der Waals surface area contributed by atoms with Crippen molar-refractivity contribution < 1.29 is 0 Å². The molecule has 1 unspecified atom stereocenters. The van der Waals surface area contributed by atoms with Crippen LogP contribution in [0.15, 0.2) is 35.3 Å². The minimum Gasteiger partial charge on any atom is -0.359 e. The zero-order chi connectivity index (χ0) is 14.2. The highest BCUT2D eigenvalue weighted by Crippen LogP contribution is 2.15. The molecule has 2 rings (SSSR count). The van der Waals surface area contributed by atoms with Crippen molar-refractivity contribution in [1.29, 1.82) is 0 Å². The Morgan fingerprint density at radius 2 is 2.10 bits per heavy atom. The van der Waals surface area contributed by atoms with E-state index in [0.29, 0.717) is 0 Å². The Morgan fingerprint density at radius 3 is 2.76 bits per heavy atom. The maximum Gasteiger partial charge on any atom is 0.190 e. The van der Waals surface area contributed by atoms with Gasteiger partial charge in [0.05, 0.1) is 0 Å². The summed E-state index contributed by atoms with van der Waals surface area (Å²) in [5.74, 6) is 1.61. The first-order valence-corrected chi connectivity index (χ1v) is 7.46. The summed E-state index contributed by atoms with van der Waals surface area (Å²) in [6.07, 6.45) is 2.43. The summed E-state index contributed by atoms with van der Waals surface area (Å²) in [5, 5.41) is 6.43. The summed E-state index contributed by atoms with van der Waals surface area (Å²) in [5.41, 5.74) is 1.43. The SMILES string of the molecule is CN=C(NC)NCC1CCN(CCc2ccccc2)C1.I. The molecule has 1 aromatic rings. The lowest BCUT2D eigenvalue weighted by Crippen LogP contribution is -2.38. The highest BCUT2D eigenvalue weighted by atomic mass is 127. The van der Waals surface area contributed by atoms with E-state index in [1.54, 1.807) is 7.05 Å². The zero-order valence-corrected chi connectivity index (χ0v) is 15.3. The third kappa shape index (κ3) is 6.22. The molecule has 1 saturated heterocycles. The van der Waals surface area contributed by atoms with Crippen LogP contribution in [0, 0.1) is 5.92 Å². The number of nitrogens with zero attached hydrogens (tertiary/aromatic N) is 2. The molecular formula is C16H27IN4. The van der Waals surface area contributed by atoms with Gasteiger partial charge in [0.25, 0.3) is 0 Å². The Morgan fingerprint density at radius 1 is 1.33 bits per heavy atom. The van der Waals surface area contributed by atoms with Gasteiger partial charge in [-0.15, -0.1) is 24.0 Å². The number of hydrogen-bond acceptors (Lipinski definition) is 2. The molecule has 118 valence electrons. The maximum atomic E-state index is 4.14. The number of benzene rings is 1. The Kier molecular flexibility index (Phi) is 8.68. The predicted octanol–water partition coefficient (Wildman–Crippen LogP) is 1.96. The van der Waals surface area contributed by atoms with Crippen LogP contribution >= 0.6 is 24.0 Å². The fraction of sp³-hybridized carbons (Fsp3) is 0.562. The highest BCUT2D eigenvalue weighted by molar-refractivity contribution is 14.0. The van der Waals surface area contributed by atoms with Crippen LogP contribution in [0.4, 0.5) is 0 Å². The minimum atomic E-state index is 0. The van der Waals surface area contributed by atoms with Crippen molar-refractivity contribution in [2.75, 3.05) is 40.3 Å². The van der Waals surface area contributed by atoms with E-state index in [4.69, 9.17) is 0 Å². The molecular weight excluding hydrogens is 375 g/mol. The van der Waals surface area contributed by atoms with Gasteiger partial charge in [-0.2, -0.15) is 0 Å². The fourth-order valence-corrected chi connectivity index (χ4v) is 2.73. The molecule has 0 radical (unpaired) electrons. The van der Waals surface area contributed by atoms with Gasteiger partial charge < -0.3 is 15.5 Å². The molecule has 0 saturated carbocycles. The van der Waals surface area contributed by atoms with E-state index in [1.165, 1.54) is 31.6 Å². The van der Waals surface area contributed by atoms with Gasteiger partial charge in [0, 0.05) is 33.7 Å². The van der Waals surface area contributed by atoms with Crippen LogP contribution in [0.25, 0.3) is 0 Å². The Balaban J connectivity index is 0.00000220. The van der Waals surface area contributed by atoms with Crippen molar-refractivity contribution in [3.63, 3.8) is 0 Å². The van der Waals surface area contributed by atoms with Crippen LogP contribution in [-0.4, -0.2) is 51.1 Å². The number of likely N-dealkylation sites (tertiary alicyclic amines) is 1. The number of hydrogen-bond donors (Lipinski definition) is 2. The van der Waals surface area contributed by atoms with Crippen molar-refractivity contribution in [2.45, 2.75) is 12.8 Å². The molecule has 1 heterocycles. The van der Waals surface area contributed by atoms with Crippen LogP contribution in [0.1, 0.15) is 12.0 Å².